The van der Waals surface area contributed by atoms with Crippen LogP contribution in [0.25, 0.3) is 16.6 Å². The lowest BCUT2D eigenvalue weighted by molar-refractivity contribution is -0.135. The van der Waals surface area contributed by atoms with Crippen LogP contribution < -0.4 is 4.74 Å². The number of fused-ring (bicyclic) bond motifs is 1. The van der Waals surface area contributed by atoms with E-state index in [2.05, 4.69) is 28.6 Å². The molecular weight excluding hydrogens is 484 g/mol. The molecule has 1 unspecified atom stereocenters. The maximum atomic E-state index is 12.9. The SMILES string of the molecule is C=C/C=C(/c1cc(C)nc2c(OCc3c(Cl)cncc3C3CCCN3C(=O)C(C)C)cccc12)N(C)C. The van der Waals surface area contributed by atoms with Gasteiger partial charge in [0.1, 0.15) is 17.9 Å². The van der Waals surface area contributed by atoms with Crippen LogP contribution in [0.4, 0.5) is 0 Å². The predicted molar refractivity (Wildman–Crippen MR) is 150 cm³/mol. The molecule has 1 atom stereocenters. The van der Waals surface area contributed by atoms with Crippen LogP contribution in [0, 0.1) is 12.8 Å². The lowest BCUT2D eigenvalue weighted by Gasteiger charge is -2.28. The lowest BCUT2D eigenvalue weighted by atomic mass is 10.00. The number of carbonyl (C=O) groups is 1. The molecule has 1 aromatic carbocycles. The van der Waals surface area contributed by atoms with E-state index < -0.39 is 0 Å². The average molecular weight is 519 g/mol. The molecular formula is C30H35ClN4O2. The van der Waals surface area contributed by atoms with Crippen LogP contribution in [-0.2, 0) is 11.4 Å². The summed E-state index contributed by atoms with van der Waals surface area (Å²) in [5.41, 5.74) is 5.60. The van der Waals surface area contributed by atoms with E-state index in [-0.39, 0.29) is 24.5 Å². The molecule has 0 bridgehead atoms. The van der Waals surface area contributed by atoms with Gasteiger partial charge in [-0.05, 0) is 38.0 Å². The van der Waals surface area contributed by atoms with Crippen LogP contribution in [0.2, 0.25) is 5.02 Å². The van der Waals surface area contributed by atoms with Crippen LogP contribution in [0.15, 0.2) is 55.4 Å². The van der Waals surface area contributed by atoms with Gasteiger partial charge in [0.05, 0.1) is 11.1 Å². The minimum absolute atomic E-state index is 0.0501. The minimum atomic E-state index is -0.0613. The van der Waals surface area contributed by atoms with Gasteiger partial charge in [0.15, 0.2) is 0 Å². The molecule has 0 aliphatic carbocycles. The molecule has 0 spiro atoms. The first-order chi connectivity index (χ1) is 17.7. The zero-order valence-electron chi connectivity index (χ0n) is 22.3. The number of amides is 1. The highest BCUT2D eigenvalue weighted by Gasteiger charge is 2.33. The summed E-state index contributed by atoms with van der Waals surface area (Å²) in [5.74, 6) is 0.772. The first kappa shape index (κ1) is 26.7. The maximum absolute atomic E-state index is 12.9. The monoisotopic (exact) mass is 518 g/mol. The fraction of sp³-hybridized carbons (Fsp3) is 0.367. The molecule has 3 aromatic rings. The third kappa shape index (κ3) is 5.49. The molecule has 1 aliphatic heterocycles. The fourth-order valence-electron chi connectivity index (χ4n) is 5.02. The van der Waals surface area contributed by atoms with Gasteiger partial charge >= 0.3 is 0 Å². The molecule has 6 nitrogen and oxygen atoms in total. The largest absolute Gasteiger partial charge is 0.487 e. The van der Waals surface area contributed by atoms with E-state index in [0.717, 1.165) is 58.4 Å². The topological polar surface area (TPSA) is 58.6 Å². The van der Waals surface area contributed by atoms with Gasteiger partial charge in [0, 0.05) is 72.4 Å². The van der Waals surface area contributed by atoms with Gasteiger partial charge in [-0.3, -0.25) is 9.78 Å². The number of hydrogen-bond donors (Lipinski definition) is 0. The van der Waals surface area contributed by atoms with Gasteiger partial charge in [0.25, 0.3) is 0 Å². The first-order valence-corrected chi connectivity index (χ1v) is 13.1. The standard InChI is InChI=1S/C30H35ClN4O2/c1-7-10-26(34(5)6)22-15-20(4)33-29-21(22)11-8-13-28(29)37-18-24-23(16-32-17-25(24)31)27-12-9-14-35(27)30(36)19(2)3/h7-8,10-11,13,15-17,19,27H,1,9,12,14,18H2,2-6H3/b26-10-. The number of para-hydroxylation sites is 1. The van der Waals surface area contributed by atoms with Crippen molar-refractivity contribution in [2.75, 3.05) is 20.6 Å². The number of aryl methyl sites for hydroxylation is 1. The average Bonchev–Trinajstić information content (AvgIpc) is 3.35. The van der Waals surface area contributed by atoms with Crippen LogP contribution >= 0.6 is 11.6 Å². The first-order valence-electron chi connectivity index (χ1n) is 12.7. The number of rotatable bonds is 8. The molecule has 1 aliphatic rings. The molecule has 1 amide bonds. The molecule has 0 saturated carbocycles. The van der Waals surface area contributed by atoms with E-state index in [0.29, 0.717) is 10.8 Å². The van der Waals surface area contributed by atoms with Crippen molar-refractivity contribution in [3.63, 3.8) is 0 Å². The zero-order valence-corrected chi connectivity index (χ0v) is 23.0. The number of nitrogens with zero attached hydrogens (tertiary/aromatic N) is 4. The summed E-state index contributed by atoms with van der Waals surface area (Å²) < 4.78 is 6.41. The summed E-state index contributed by atoms with van der Waals surface area (Å²) in [4.78, 5) is 26.1. The molecule has 3 heterocycles. The van der Waals surface area contributed by atoms with Crippen molar-refractivity contribution in [3.8, 4) is 5.75 Å². The van der Waals surface area contributed by atoms with Crippen molar-refractivity contribution in [2.24, 2.45) is 5.92 Å². The Morgan fingerprint density at radius 2 is 2.11 bits per heavy atom. The maximum Gasteiger partial charge on any atom is 0.225 e. The Bertz CT molecular complexity index is 1350. The Labute approximate surface area is 224 Å². The lowest BCUT2D eigenvalue weighted by Crippen LogP contribution is -2.34. The van der Waals surface area contributed by atoms with Gasteiger partial charge in [-0.1, -0.05) is 50.2 Å². The minimum Gasteiger partial charge on any atom is -0.487 e. The number of halogens is 1. The Hall–Kier alpha value is -3.38. The Kier molecular flexibility index (Phi) is 8.18. The van der Waals surface area contributed by atoms with Crippen molar-refractivity contribution < 1.29 is 9.53 Å². The third-order valence-corrected chi connectivity index (χ3v) is 7.09. The number of benzene rings is 1. The molecule has 7 heteroatoms. The molecule has 0 N–H and O–H groups in total. The Morgan fingerprint density at radius 3 is 2.81 bits per heavy atom. The molecule has 1 fully saturated rings. The second kappa shape index (κ2) is 11.3. The van der Waals surface area contributed by atoms with E-state index in [1.165, 1.54) is 0 Å². The van der Waals surface area contributed by atoms with Crippen LogP contribution in [-0.4, -0.2) is 46.3 Å². The number of allylic oxidation sites excluding steroid dienone is 2. The highest BCUT2D eigenvalue weighted by molar-refractivity contribution is 6.31. The quantitative estimate of drug-likeness (QED) is 0.315. The summed E-state index contributed by atoms with van der Waals surface area (Å²) >= 11 is 6.66. The van der Waals surface area contributed by atoms with E-state index in [1.807, 2.05) is 64.2 Å². The molecule has 37 heavy (non-hydrogen) atoms. The van der Waals surface area contributed by atoms with E-state index >= 15 is 0 Å². The van der Waals surface area contributed by atoms with Crippen LogP contribution in [0.3, 0.4) is 0 Å². The van der Waals surface area contributed by atoms with Gasteiger partial charge < -0.3 is 14.5 Å². The fourth-order valence-corrected chi connectivity index (χ4v) is 5.24. The number of pyridine rings is 2. The van der Waals surface area contributed by atoms with Crippen molar-refractivity contribution >= 4 is 34.1 Å². The Balaban J connectivity index is 1.72. The number of carbonyl (C=O) groups excluding carboxylic acids is 1. The van der Waals surface area contributed by atoms with Gasteiger partial charge in [-0.15, -0.1) is 0 Å². The van der Waals surface area contributed by atoms with E-state index in [1.54, 1.807) is 12.3 Å². The van der Waals surface area contributed by atoms with Crippen molar-refractivity contribution in [1.82, 2.24) is 19.8 Å². The van der Waals surface area contributed by atoms with Crippen LogP contribution in [0.1, 0.15) is 55.1 Å². The van der Waals surface area contributed by atoms with Gasteiger partial charge in [-0.2, -0.15) is 0 Å². The summed E-state index contributed by atoms with van der Waals surface area (Å²) in [5, 5.41) is 1.53. The Morgan fingerprint density at radius 1 is 1.32 bits per heavy atom. The smallest absolute Gasteiger partial charge is 0.225 e. The molecule has 1 saturated heterocycles. The number of hydrogen-bond acceptors (Lipinski definition) is 5. The normalized spacial score (nSPS) is 15.9. The summed E-state index contributed by atoms with van der Waals surface area (Å²) in [6.45, 7) is 10.7. The third-order valence-electron chi connectivity index (χ3n) is 6.76. The number of aromatic nitrogens is 2. The number of likely N-dealkylation sites (tertiary alicyclic amines) is 1. The second-order valence-corrected chi connectivity index (χ2v) is 10.4. The summed E-state index contributed by atoms with van der Waals surface area (Å²) in [6.07, 6.45) is 9.10. The van der Waals surface area contributed by atoms with Crippen LogP contribution in [0.5, 0.6) is 5.75 Å². The van der Waals surface area contributed by atoms with Gasteiger partial charge in [0.2, 0.25) is 5.91 Å². The van der Waals surface area contributed by atoms with Crippen molar-refractivity contribution in [1.29, 1.82) is 0 Å². The summed E-state index contributed by atoms with van der Waals surface area (Å²) in [6, 6.07) is 8.01. The van der Waals surface area contributed by atoms with Crippen molar-refractivity contribution in [3.05, 3.63) is 82.8 Å². The zero-order chi connectivity index (χ0) is 26.7. The molecule has 2 aromatic heterocycles. The molecule has 194 valence electrons. The molecule has 0 radical (unpaired) electrons. The molecule has 4 rings (SSSR count). The predicted octanol–water partition coefficient (Wildman–Crippen LogP) is 6.58. The van der Waals surface area contributed by atoms with E-state index in [4.69, 9.17) is 21.3 Å². The van der Waals surface area contributed by atoms with Gasteiger partial charge in [-0.25, -0.2) is 4.98 Å². The highest BCUT2D eigenvalue weighted by Crippen LogP contribution is 2.38. The summed E-state index contributed by atoms with van der Waals surface area (Å²) in [7, 11) is 4.03. The highest BCUT2D eigenvalue weighted by atomic mass is 35.5. The number of ether oxygens (including phenoxy) is 1. The second-order valence-electron chi connectivity index (χ2n) is 9.97. The van der Waals surface area contributed by atoms with Crippen molar-refractivity contribution in [2.45, 2.75) is 46.3 Å². The van der Waals surface area contributed by atoms with E-state index in [9.17, 15) is 4.79 Å².